The van der Waals surface area contributed by atoms with Crippen molar-refractivity contribution in [1.82, 2.24) is 4.90 Å². The van der Waals surface area contributed by atoms with Gasteiger partial charge in [0.15, 0.2) is 0 Å². The first-order chi connectivity index (χ1) is 16.4. The van der Waals surface area contributed by atoms with Crippen LogP contribution >= 0.6 is 0 Å². The van der Waals surface area contributed by atoms with Crippen LogP contribution < -0.4 is 4.90 Å². The highest BCUT2D eigenvalue weighted by molar-refractivity contribution is 5.68. The van der Waals surface area contributed by atoms with Crippen LogP contribution in [0, 0.1) is 11.8 Å². The van der Waals surface area contributed by atoms with Crippen molar-refractivity contribution in [3.05, 3.63) is 65.7 Å². The summed E-state index contributed by atoms with van der Waals surface area (Å²) >= 11 is 0. The number of rotatable bonds is 4. The van der Waals surface area contributed by atoms with Gasteiger partial charge in [-0.1, -0.05) is 48.4 Å². The second-order valence-corrected chi connectivity index (χ2v) is 7.84. The van der Waals surface area contributed by atoms with Gasteiger partial charge in [-0.05, 0) is 24.6 Å². The van der Waals surface area contributed by atoms with Gasteiger partial charge in [0.05, 0.1) is 6.54 Å². The lowest BCUT2D eigenvalue weighted by Gasteiger charge is -2.40. The molecule has 1 fully saturated rings. The fourth-order valence-electron chi connectivity index (χ4n) is 3.74. The van der Waals surface area contributed by atoms with Crippen LogP contribution in [-0.2, 0) is 16.9 Å². The molecule has 5 nitrogen and oxygen atoms in total. The maximum Gasteiger partial charge on any atom is 0.430 e. The number of carbonyl (C=O) groups excluding carboxylic acids is 1. The maximum atomic E-state index is 13.1. The SMILES string of the molecule is CC#CC1CN(C(=O)OCc2ccccc2)CCN1c1ccc(C(O)(C(F)(F)F)C(F)(F)F)cc1. The quantitative estimate of drug-likeness (QED) is 0.482. The number of aliphatic hydroxyl groups is 1. The summed E-state index contributed by atoms with van der Waals surface area (Å²) in [5.74, 6) is 5.62. The third-order valence-corrected chi connectivity index (χ3v) is 5.59. The molecule has 0 spiro atoms. The van der Waals surface area contributed by atoms with Crippen LogP contribution in [0.5, 0.6) is 0 Å². The molecule has 2 aromatic rings. The highest BCUT2D eigenvalue weighted by Gasteiger charge is 2.71. The Balaban J connectivity index is 1.75. The molecule has 0 aromatic heterocycles. The van der Waals surface area contributed by atoms with Gasteiger partial charge in [-0.15, -0.1) is 5.92 Å². The minimum atomic E-state index is -5.96. The van der Waals surface area contributed by atoms with Gasteiger partial charge in [-0.25, -0.2) is 4.79 Å². The van der Waals surface area contributed by atoms with Gasteiger partial charge in [-0.3, -0.25) is 0 Å². The lowest BCUT2D eigenvalue weighted by Crippen LogP contribution is -2.55. The van der Waals surface area contributed by atoms with E-state index < -0.39 is 35.7 Å². The predicted octanol–water partition coefficient (Wildman–Crippen LogP) is 4.85. The average Bonchev–Trinajstić information content (AvgIpc) is 2.81. The zero-order chi connectivity index (χ0) is 25.9. The number of anilines is 1. The van der Waals surface area contributed by atoms with E-state index in [9.17, 15) is 36.2 Å². The topological polar surface area (TPSA) is 53.0 Å². The van der Waals surface area contributed by atoms with Crippen LogP contribution in [0.15, 0.2) is 54.6 Å². The summed E-state index contributed by atoms with van der Waals surface area (Å²) in [7, 11) is 0. The molecule has 1 unspecified atom stereocenters. The summed E-state index contributed by atoms with van der Waals surface area (Å²) in [6, 6.07) is 11.8. The molecule has 1 aliphatic rings. The van der Waals surface area contributed by atoms with Gasteiger partial charge in [0.25, 0.3) is 5.60 Å². The largest absolute Gasteiger partial charge is 0.445 e. The third kappa shape index (κ3) is 5.48. The van der Waals surface area contributed by atoms with E-state index in [1.807, 2.05) is 18.2 Å². The summed E-state index contributed by atoms with van der Waals surface area (Å²) < 4.78 is 84.2. The Hall–Kier alpha value is -3.39. The molecule has 0 bridgehead atoms. The van der Waals surface area contributed by atoms with Crippen molar-refractivity contribution in [2.45, 2.75) is 37.5 Å². The third-order valence-electron chi connectivity index (χ3n) is 5.59. The molecule has 188 valence electrons. The number of carbonyl (C=O) groups is 1. The first kappa shape index (κ1) is 26.2. The van der Waals surface area contributed by atoms with Gasteiger partial charge >= 0.3 is 18.4 Å². The number of hydrogen-bond donors (Lipinski definition) is 1. The summed E-state index contributed by atoms with van der Waals surface area (Å²) in [5, 5.41) is 9.58. The smallest absolute Gasteiger partial charge is 0.430 e. The number of benzene rings is 2. The van der Waals surface area contributed by atoms with E-state index in [4.69, 9.17) is 4.74 Å². The molecule has 3 rings (SSSR count). The van der Waals surface area contributed by atoms with Crippen molar-refractivity contribution in [2.24, 2.45) is 0 Å². The lowest BCUT2D eigenvalue weighted by atomic mass is 9.92. The number of halogens is 6. The van der Waals surface area contributed by atoms with Crippen molar-refractivity contribution in [2.75, 3.05) is 24.5 Å². The Bertz CT molecular complexity index is 1060. The molecule has 11 heteroatoms. The molecule has 0 saturated carbocycles. The minimum Gasteiger partial charge on any atom is -0.445 e. The zero-order valence-corrected chi connectivity index (χ0v) is 18.5. The van der Waals surface area contributed by atoms with Crippen molar-refractivity contribution in [3.8, 4) is 11.8 Å². The average molecular weight is 500 g/mol. The van der Waals surface area contributed by atoms with Crippen molar-refractivity contribution < 1.29 is 41.0 Å². The second kappa shape index (κ2) is 10.1. The molecule has 1 heterocycles. The van der Waals surface area contributed by atoms with Gasteiger partial charge in [0.1, 0.15) is 12.6 Å². The molecule has 1 atom stereocenters. The Morgan fingerprint density at radius 1 is 1.00 bits per heavy atom. The summed E-state index contributed by atoms with van der Waals surface area (Å²) in [6.07, 6.45) is -12.5. The van der Waals surface area contributed by atoms with Gasteiger partial charge in [-0.2, -0.15) is 26.3 Å². The molecule has 35 heavy (non-hydrogen) atoms. The number of piperazine rings is 1. The van der Waals surface area contributed by atoms with E-state index in [1.54, 1.807) is 24.0 Å². The van der Waals surface area contributed by atoms with Crippen LogP contribution in [0.25, 0.3) is 0 Å². The van der Waals surface area contributed by atoms with Gasteiger partial charge < -0.3 is 19.6 Å². The molecule has 1 aliphatic heterocycles. The van der Waals surface area contributed by atoms with E-state index in [0.717, 1.165) is 17.7 Å². The van der Waals surface area contributed by atoms with Crippen LogP contribution in [-0.4, -0.2) is 54.1 Å². The molecular weight excluding hydrogens is 478 g/mol. The lowest BCUT2D eigenvalue weighted by molar-refractivity contribution is -0.376. The number of amides is 1. The minimum absolute atomic E-state index is 0.0762. The molecule has 1 amide bonds. The molecule has 1 saturated heterocycles. The van der Waals surface area contributed by atoms with E-state index >= 15 is 0 Å². The zero-order valence-electron chi connectivity index (χ0n) is 18.5. The molecular formula is C24H22F6N2O3. The second-order valence-electron chi connectivity index (χ2n) is 7.84. The number of ether oxygens (including phenoxy) is 1. The summed E-state index contributed by atoms with van der Waals surface area (Å²) in [4.78, 5) is 15.6. The maximum absolute atomic E-state index is 13.1. The Kier molecular flexibility index (Phi) is 7.55. The van der Waals surface area contributed by atoms with Crippen LogP contribution in [0.2, 0.25) is 0 Å². The fraction of sp³-hybridized carbons (Fsp3) is 0.375. The van der Waals surface area contributed by atoms with Crippen LogP contribution in [0.1, 0.15) is 18.1 Å². The molecule has 0 aliphatic carbocycles. The standard InChI is InChI=1S/C24H22F6N2O3/c1-2-6-20-15-31(21(33)35-16-17-7-4-3-5-8-17)13-14-32(20)19-11-9-18(10-12-19)22(34,23(25,26)27)24(28,29)30/h3-5,7-12,20,34H,13-16H2,1H3. The molecule has 0 radical (unpaired) electrons. The van der Waals surface area contributed by atoms with Crippen molar-refractivity contribution in [3.63, 3.8) is 0 Å². The summed E-state index contributed by atoms with van der Waals surface area (Å²) in [5.41, 5.74) is -5.24. The van der Waals surface area contributed by atoms with Crippen molar-refractivity contribution >= 4 is 11.8 Å². The Labute approximate surface area is 197 Å². The molecule has 2 aromatic carbocycles. The Morgan fingerprint density at radius 3 is 2.14 bits per heavy atom. The first-order valence-electron chi connectivity index (χ1n) is 10.5. The van der Waals surface area contributed by atoms with Crippen LogP contribution in [0.3, 0.4) is 0 Å². The normalized spacial score (nSPS) is 17.0. The fourth-order valence-corrected chi connectivity index (χ4v) is 3.74. The van der Waals surface area contributed by atoms with Gasteiger partial charge in [0, 0.05) is 24.3 Å². The number of nitrogens with zero attached hydrogens (tertiary/aromatic N) is 2. The van der Waals surface area contributed by atoms with Crippen molar-refractivity contribution in [1.29, 1.82) is 0 Å². The van der Waals surface area contributed by atoms with Gasteiger partial charge in [0.2, 0.25) is 0 Å². The van der Waals surface area contributed by atoms with Crippen LogP contribution in [0.4, 0.5) is 36.8 Å². The highest BCUT2D eigenvalue weighted by Crippen LogP contribution is 2.50. The first-order valence-corrected chi connectivity index (χ1v) is 10.5. The predicted molar refractivity (Wildman–Crippen MR) is 115 cm³/mol. The van der Waals surface area contributed by atoms with E-state index in [0.29, 0.717) is 17.8 Å². The monoisotopic (exact) mass is 500 g/mol. The summed E-state index contributed by atoms with van der Waals surface area (Å²) in [6.45, 7) is 2.17. The number of hydrogen-bond acceptors (Lipinski definition) is 4. The molecule has 1 N–H and O–H groups in total. The highest BCUT2D eigenvalue weighted by atomic mass is 19.4. The van der Waals surface area contributed by atoms with E-state index in [-0.39, 0.29) is 26.2 Å². The van der Waals surface area contributed by atoms with E-state index in [1.165, 1.54) is 4.90 Å². The Morgan fingerprint density at radius 2 is 1.60 bits per heavy atom. The van der Waals surface area contributed by atoms with E-state index in [2.05, 4.69) is 11.8 Å². The number of alkyl halides is 6.